The van der Waals surface area contributed by atoms with Crippen LogP contribution in [0.5, 0.6) is 0 Å². The summed E-state index contributed by atoms with van der Waals surface area (Å²) in [6.07, 6.45) is 1.41. The molecule has 0 bridgehead atoms. The lowest BCUT2D eigenvalue weighted by molar-refractivity contribution is 0.0601. The summed E-state index contributed by atoms with van der Waals surface area (Å²) in [6, 6.07) is 16.6. The number of para-hydroxylation sites is 2. The maximum absolute atomic E-state index is 13.0. The van der Waals surface area contributed by atoms with Crippen molar-refractivity contribution in [1.29, 1.82) is 0 Å². The second-order valence-electron chi connectivity index (χ2n) is 7.88. The van der Waals surface area contributed by atoms with E-state index in [1.54, 1.807) is 13.8 Å². The number of aryl methyl sites for hydroxylation is 2. The Morgan fingerprint density at radius 3 is 2.43 bits per heavy atom. The van der Waals surface area contributed by atoms with Crippen molar-refractivity contribution in [3.05, 3.63) is 97.8 Å². The summed E-state index contributed by atoms with van der Waals surface area (Å²) < 4.78 is 6.37. The molecule has 35 heavy (non-hydrogen) atoms. The number of ether oxygens (including phenoxy) is 1. The van der Waals surface area contributed by atoms with Gasteiger partial charge in [0, 0.05) is 17.6 Å². The molecular weight excluding hydrogens is 464 g/mol. The number of anilines is 1. The second kappa shape index (κ2) is 9.94. The molecule has 0 saturated carbocycles. The number of esters is 1. The third-order valence-electron chi connectivity index (χ3n) is 5.56. The third kappa shape index (κ3) is 4.71. The molecule has 1 amide bonds. The molecule has 0 atom stereocenters. The molecule has 0 aliphatic carbocycles. The molecule has 0 aliphatic rings. The minimum atomic E-state index is -0.603. The predicted molar refractivity (Wildman–Crippen MR) is 138 cm³/mol. The summed E-state index contributed by atoms with van der Waals surface area (Å²) in [5, 5.41) is 6.22. The molecule has 2 aromatic heterocycles. The van der Waals surface area contributed by atoms with Crippen LogP contribution in [0.2, 0.25) is 0 Å². The van der Waals surface area contributed by atoms with Gasteiger partial charge >= 0.3 is 5.97 Å². The van der Waals surface area contributed by atoms with E-state index in [0.717, 1.165) is 16.9 Å². The number of aromatic nitrogens is 2. The van der Waals surface area contributed by atoms with Crippen LogP contribution < -0.4 is 10.9 Å². The Bertz CT molecular complexity index is 1500. The van der Waals surface area contributed by atoms with E-state index in [2.05, 4.69) is 15.4 Å². The monoisotopic (exact) mass is 488 g/mol. The number of aromatic amines is 1. The molecule has 8 nitrogen and oxygen atoms in total. The highest BCUT2D eigenvalue weighted by Crippen LogP contribution is 2.36. The predicted octanol–water partition coefficient (Wildman–Crippen LogP) is 4.94. The van der Waals surface area contributed by atoms with Crippen molar-refractivity contribution in [1.82, 2.24) is 9.78 Å². The molecule has 0 aliphatic heterocycles. The summed E-state index contributed by atoms with van der Waals surface area (Å²) in [6.45, 7) is 5.34. The van der Waals surface area contributed by atoms with Crippen molar-refractivity contribution in [3.63, 3.8) is 0 Å². The fourth-order valence-electron chi connectivity index (χ4n) is 3.63. The summed E-state index contributed by atoms with van der Waals surface area (Å²) in [4.78, 5) is 43.4. The van der Waals surface area contributed by atoms with E-state index in [1.165, 1.54) is 18.0 Å². The summed E-state index contributed by atoms with van der Waals surface area (Å²) >= 11 is 1.07. The van der Waals surface area contributed by atoms with E-state index in [0.29, 0.717) is 33.1 Å². The Hall–Kier alpha value is -4.24. The van der Waals surface area contributed by atoms with Gasteiger partial charge in [0.05, 0.1) is 23.2 Å². The summed E-state index contributed by atoms with van der Waals surface area (Å²) in [5.41, 5.74) is 3.64. The van der Waals surface area contributed by atoms with Gasteiger partial charge in [0.25, 0.3) is 11.5 Å². The zero-order chi connectivity index (χ0) is 25.1. The Morgan fingerprint density at radius 1 is 1.06 bits per heavy atom. The van der Waals surface area contributed by atoms with E-state index < -0.39 is 5.97 Å². The molecule has 0 radical (unpaired) electrons. The molecule has 4 aromatic rings. The van der Waals surface area contributed by atoms with Crippen LogP contribution in [0.25, 0.3) is 5.69 Å². The fraction of sp³-hybridized carbons (Fsp3) is 0.154. The lowest BCUT2D eigenvalue weighted by atomic mass is 10.1. The number of aliphatic imine (C=N–C) groups is 1. The highest BCUT2D eigenvalue weighted by Gasteiger charge is 2.25. The number of carbonyl (C=O) groups is 2. The second-order valence-corrected chi connectivity index (χ2v) is 8.88. The van der Waals surface area contributed by atoms with E-state index >= 15 is 0 Å². The molecule has 0 fully saturated rings. The topological polar surface area (TPSA) is 106 Å². The van der Waals surface area contributed by atoms with Crippen LogP contribution in [0, 0.1) is 20.8 Å². The van der Waals surface area contributed by atoms with E-state index in [4.69, 9.17) is 4.74 Å². The van der Waals surface area contributed by atoms with Gasteiger partial charge in [-0.25, -0.2) is 14.5 Å². The van der Waals surface area contributed by atoms with Crippen molar-refractivity contribution in [2.75, 3.05) is 12.4 Å². The number of hydrogen-bond donors (Lipinski definition) is 2. The minimum absolute atomic E-state index is 0.195. The number of nitrogens with one attached hydrogen (secondary N) is 2. The first-order chi connectivity index (χ1) is 16.8. The van der Waals surface area contributed by atoms with Crippen LogP contribution in [0.15, 0.2) is 64.4 Å². The molecular formula is C26H24N4O4S. The van der Waals surface area contributed by atoms with Gasteiger partial charge in [-0.1, -0.05) is 36.4 Å². The minimum Gasteiger partial charge on any atom is -0.465 e. The average Bonchev–Trinajstić information content (AvgIpc) is 3.34. The quantitative estimate of drug-likeness (QED) is 0.296. The van der Waals surface area contributed by atoms with E-state index in [1.807, 2.05) is 61.5 Å². The molecule has 2 aromatic carbocycles. The number of amides is 1. The van der Waals surface area contributed by atoms with Gasteiger partial charge in [0.15, 0.2) is 0 Å². The van der Waals surface area contributed by atoms with Gasteiger partial charge in [-0.05, 0) is 50.1 Å². The Kier molecular flexibility index (Phi) is 6.79. The van der Waals surface area contributed by atoms with Gasteiger partial charge in [0.2, 0.25) is 0 Å². The summed E-state index contributed by atoms with van der Waals surface area (Å²) in [5.74, 6) is -0.953. The lowest BCUT2D eigenvalue weighted by Gasteiger charge is -2.07. The number of rotatable bonds is 6. The maximum atomic E-state index is 13.0. The van der Waals surface area contributed by atoms with Gasteiger partial charge < -0.3 is 10.1 Å². The normalized spacial score (nSPS) is 11.1. The van der Waals surface area contributed by atoms with Crippen LogP contribution in [0.3, 0.4) is 0 Å². The number of methoxy groups -OCH3 is 1. The number of carbonyl (C=O) groups excluding carboxylic acids is 2. The van der Waals surface area contributed by atoms with Gasteiger partial charge in [-0.15, -0.1) is 11.3 Å². The van der Waals surface area contributed by atoms with Crippen LogP contribution in [0.4, 0.5) is 10.7 Å². The molecule has 2 N–H and O–H groups in total. The molecule has 2 heterocycles. The van der Waals surface area contributed by atoms with Crippen LogP contribution in [-0.4, -0.2) is 35.0 Å². The lowest BCUT2D eigenvalue weighted by Crippen LogP contribution is -2.17. The number of H-pyrrole nitrogens is 1. The van der Waals surface area contributed by atoms with Crippen molar-refractivity contribution in [2.45, 2.75) is 20.8 Å². The Morgan fingerprint density at radius 2 is 1.74 bits per heavy atom. The first-order valence-corrected chi connectivity index (χ1v) is 11.6. The number of thiophene rings is 1. The molecule has 178 valence electrons. The first-order valence-electron chi connectivity index (χ1n) is 10.8. The number of benzene rings is 2. The average molecular weight is 489 g/mol. The first kappa shape index (κ1) is 23.9. The summed E-state index contributed by atoms with van der Waals surface area (Å²) in [7, 11) is 1.27. The zero-order valence-corrected chi connectivity index (χ0v) is 20.5. The van der Waals surface area contributed by atoms with Crippen LogP contribution in [0.1, 0.15) is 42.4 Å². The van der Waals surface area contributed by atoms with Crippen molar-refractivity contribution in [2.24, 2.45) is 4.99 Å². The zero-order valence-electron chi connectivity index (χ0n) is 19.7. The third-order valence-corrected chi connectivity index (χ3v) is 6.76. The fourth-order valence-corrected chi connectivity index (χ4v) is 4.67. The SMILES string of the molecule is COC(=O)c1c(/N=C/c2c(C)[nH]n(-c3ccccc3)c2=O)sc(C(=O)Nc2ccccc2C)c1C. The van der Waals surface area contributed by atoms with Gasteiger partial charge in [-0.2, -0.15) is 0 Å². The smallest absolute Gasteiger partial charge is 0.341 e. The Balaban J connectivity index is 1.72. The largest absolute Gasteiger partial charge is 0.465 e. The van der Waals surface area contributed by atoms with Crippen molar-refractivity contribution >= 4 is 40.1 Å². The Labute approximate surface area is 205 Å². The molecule has 0 spiro atoms. The number of nitrogens with zero attached hydrogens (tertiary/aromatic N) is 2. The van der Waals surface area contributed by atoms with Gasteiger partial charge in [0.1, 0.15) is 10.6 Å². The van der Waals surface area contributed by atoms with Crippen LogP contribution >= 0.6 is 11.3 Å². The molecule has 4 rings (SSSR count). The van der Waals surface area contributed by atoms with Crippen LogP contribution in [-0.2, 0) is 4.74 Å². The van der Waals surface area contributed by atoms with Crippen molar-refractivity contribution < 1.29 is 14.3 Å². The van der Waals surface area contributed by atoms with E-state index in [-0.39, 0.29) is 22.0 Å². The number of hydrogen-bond acceptors (Lipinski definition) is 6. The highest BCUT2D eigenvalue weighted by atomic mass is 32.1. The maximum Gasteiger partial charge on any atom is 0.341 e. The molecule has 0 unspecified atom stereocenters. The van der Waals surface area contributed by atoms with E-state index in [9.17, 15) is 14.4 Å². The van der Waals surface area contributed by atoms with Crippen molar-refractivity contribution in [3.8, 4) is 5.69 Å². The standard InChI is InChI=1S/C26H24N4O4S/c1-15-10-8-9-13-20(15)28-23(31)22-16(2)21(26(33)34-4)24(35-22)27-14-19-17(3)29-30(25(19)32)18-11-6-5-7-12-18/h5-14,29H,1-4H3,(H,28,31)/b27-14+. The molecule has 9 heteroatoms. The highest BCUT2D eigenvalue weighted by molar-refractivity contribution is 7.18. The molecule has 0 saturated heterocycles. The van der Waals surface area contributed by atoms with Gasteiger partial charge in [-0.3, -0.25) is 14.7 Å².